The third-order valence-corrected chi connectivity index (χ3v) is 3.74. The number of hydrogen-bond acceptors (Lipinski definition) is 6. The maximum absolute atomic E-state index is 11.6. The number of anilines is 1. The number of sulfone groups is 1. The molecule has 20 heavy (non-hydrogen) atoms. The molecule has 0 saturated carbocycles. The van der Waals surface area contributed by atoms with Crippen LogP contribution in [0.25, 0.3) is 0 Å². The van der Waals surface area contributed by atoms with Crippen molar-refractivity contribution in [3.05, 3.63) is 28.3 Å². The monoisotopic (exact) mass is 302 g/mol. The average Bonchev–Trinajstić information content (AvgIpc) is 2.35. The van der Waals surface area contributed by atoms with Gasteiger partial charge in [-0.2, -0.15) is 0 Å². The molecular formula is C12H18N2O5S. The lowest BCUT2D eigenvalue weighted by molar-refractivity contribution is -0.386. The van der Waals surface area contributed by atoms with Crippen molar-refractivity contribution in [1.29, 1.82) is 0 Å². The third-order valence-electron chi connectivity index (χ3n) is 2.61. The van der Waals surface area contributed by atoms with Gasteiger partial charge in [0.25, 0.3) is 0 Å². The van der Waals surface area contributed by atoms with Crippen LogP contribution in [-0.2, 0) is 14.6 Å². The van der Waals surface area contributed by atoms with Gasteiger partial charge in [-0.1, -0.05) is 6.07 Å². The van der Waals surface area contributed by atoms with Crippen LogP contribution in [0, 0.1) is 10.1 Å². The summed E-state index contributed by atoms with van der Waals surface area (Å²) < 4.78 is 28.5. The van der Waals surface area contributed by atoms with E-state index in [1.54, 1.807) is 0 Å². The minimum atomic E-state index is -3.66. The first-order chi connectivity index (χ1) is 9.27. The molecule has 0 heterocycles. The smallest absolute Gasteiger partial charge is 0.310 e. The number of para-hydroxylation sites is 1. The number of nitro benzene ring substituents is 1. The van der Waals surface area contributed by atoms with Gasteiger partial charge in [-0.05, 0) is 26.0 Å². The van der Waals surface area contributed by atoms with E-state index in [1.807, 2.05) is 13.8 Å². The van der Waals surface area contributed by atoms with Crippen LogP contribution in [-0.4, -0.2) is 38.9 Å². The number of rotatable bonds is 7. The molecule has 0 aliphatic rings. The van der Waals surface area contributed by atoms with E-state index in [4.69, 9.17) is 4.74 Å². The summed E-state index contributed by atoms with van der Waals surface area (Å²) >= 11 is 0. The predicted molar refractivity (Wildman–Crippen MR) is 75.8 cm³/mol. The highest BCUT2D eigenvalue weighted by Crippen LogP contribution is 2.31. The van der Waals surface area contributed by atoms with Crippen molar-refractivity contribution in [3.63, 3.8) is 0 Å². The maximum Gasteiger partial charge on any atom is 0.310 e. The zero-order chi connectivity index (χ0) is 15.3. The molecule has 112 valence electrons. The second-order valence-electron chi connectivity index (χ2n) is 4.33. The van der Waals surface area contributed by atoms with Gasteiger partial charge in [0.05, 0.1) is 11.0 Å². The van der Waals surface area contributed by atoms with Crippen molar-refractivity contribution in [2.75, 3.05) is 24.7 Å². The minimum absolute atomic E-state index is 0.138. The summed E-state index contributed by atoms with van der Waals surface area (Å²) in [4.78, 5) is 10.1. The molecule has 0 aromatic heterocycles. The van der Waals surface area contributed by atoms with Crippen molar-refractivity contribution in [2.24, 2.45) is 0 Å². The summed E-state index contributed by atoms with van der Waals surface area (Å²) in [6, 6.07) is 4.17. The Morgan fingerprint density at radius 2 is 2.10 bits per heavy atom. The number of nitrogens with zero attached hydrogens (tertiary/aromatic N) is 1. The summed E-state index contributed by atoms with van der Waals surface area (Å²) in [6.45, 7) is 4.56. The highest BCUT2D eigenvalue weighted by atomic mass is 32.2. The van der Waals surface area contributed by atoms with E-state index in [0.29, 0.717) is 13.2 Å². The minimum Gasteiger partial charge on any atom is -0.377 e. The number of ether oxygens (including phenoxy) is 1. The molecule has 1 N–H and O–H groups in total. The fraction of sp³-hybridized carbons (Fsp3) is 0.500. The van der Waals surface area contributed by atoms with Crippen LogP contribution in [0.5, 0.6) is 0 Å². The van der Waals surface area contributed by atoms with Crippen LogP contribution < -0.4 is 5.32 Å². The molecule has 0 amide bonds. The van der Waals surface area contributed by atoms with Gasteiger partial charge in [0, 0.05) is 19.4 Å². The van der Waals surface area contributed by atoms with Crippen molar-refractivity contribution in [3.8, 4) is 0 Å². The van der Waals surface area contributed by atoms with Crippen molar-refractivity contribution in [1.82, 2.24) is 0 Å². The largest absolute Gasteiger partial charge is 0.377 e. The first-order valence-electron chi connectivity index (χ1n) is 6.10. The van der Waals surface area contributed by atoms with Crippen molar-refractivity contribution in [2.45, 2.75) is 24.8 Å². The molecule has 0 aliphatic heterocycles. The van der Waals surface area contributed by atoms with E-state index in [-0.39, 0.29) is 16.7 Å². The van der Waals surface area contributed by atoms with Gasteiger partial charge < -0.3 is 10.1 Å². The topological polar surface area (TPSA) is 98.5 Å². The Kier molecular flexibility index (Phi) is 5.46. The Bertz CT molecular complexity index is 586. The molecule has 1 atom stereocenters. The van der Waals surface area contributed by atoms with Crippen LogP contribution >= 0.6 is 0 Å². The summed E-state index contributed by atoms with van der Waals surface area (Å²) in [5, 5.41) is 14.0. The van der Waals surface area contributed by atoms with Crippen LogP contribution in [0.15, 0.2) is 23.1 Å². The van der Waals surface area contributed by atoms with E-state index in [2.05, 4.69) is 5.32 Å². The molecule has 0 aliphatic carbocycles. The number of hydrogen-bond donors (Lipinski definition) is 1. The lowest BCUT2D eigenvalue weighted by atomic mass is 10.2. The Morgan fingerprint density at radius 1 is 1.45 bits per heavy atom. The number of benzene rings is 1. The summed E-state index contributed by atoms with van der Waals surface area (Å²) in [5.41, 5.74) is -0.261. The molecule has 1 rings (SSSR count). The molecule has 1 aromatic carbocycles. The molecule has 0 fully saturated rings. The molecule has 0 spiro atoms. The predicted octanol–water partition coefficient (Wildman–Crippen LogP) is 1.84. The molecule has 0 radical (unpaired) electrons. The highest BCUT2D eigenvalue weighted by Gasteiger charge is 2.26. The van der Waals surface area contributed by atoms with Crippen molar-refractivity contribution < 1.29 is 18.1 Å². The Morgan fingerprint density at radius 3 is 2.60 bits per heavy atom. The first-order valence-corrected chi connectivity index (χ1v) is 7.99. The molecule has 1 unspecified atom stereocenters. The van der Waals surface area contributed by atoms with Gasteiger partial charge in [0.1, 0.15) is 10.6 Å². The van der Waals surface area contributed by atoms with Crippen LogP contribution in [0.1, 0.15) is 13.8 Å². The molecule has 7 nitrogen and oxygen atoms in total. The van der Waals surface area contributed by atoms with Gasteiger partial charge in [0.2, 0.25) is 0 Å². The second-order valence-corrected chi connectivity index (χ2v) is 6.31. The van der Waals surface area contributed by atoms with E-state index >= 15 is 0 Å². The van der Waals surface area contributed by atoms with E-state index in [0.717, 1.165) is 6.26 Å². The highest BCUT2D eigenvalue weighted by molar-refractivity contribution is 7.90. The lowest BCUT2D eigenvalue weighted by Crippen LogP contribution is -2.20. The number of nitrogens with one attached hydrogen (secondary N) is 1. The third kappa shape index (κ3) is 4.17. The molecular weight excluding hydrogens is 284 g/mol. The van der Waals surface area contributed by atoms with Gasteiger partial charge in [-0.25, -0.2) is 8.42 Å². The van der Waals surface area contributed by atoms with Crippen LogP contribution in [0.2, 0.25) is 0 Å². The zero-order valence-corrected chi connectivity index (χ0v) is 12.4. The second kappa shape index (κ2) is 6.67. The fourth-order valence-electron chi connectivity index (χ4n) is 1.75. The molecule has 0 saturated heterocycles. The van der Waals surface area contributed by atoms with Gasteiger partial charge >= 0.3 is 5.69 Å². The Labute approximate surface area is 118 Å². The van der Waals surface area contributed by atoms with E-state index in [9.17, 15) is 18.5 Å². The number of nitro groups is 1. The standard InChI is InChI=1S/C12H18N2O5S/c1-4-19-9(2)8-13-10-6-5-7-11(20(3,17)18)12(10)14(15)16/h5-7,9,13H,4,8H2,1-3H3. The summed E-state index contributed by atoms with van der Waals surface area (Å²) in [6.07, 6.45) is 0.809. The molecule has 0 bridgehead atoms. The average molecular weight is 302 g/mol. The van der Waals surface area contributed by atoms with Gasteiger partial charge in [-0.15, -0.1) is 0 Å². The molecule has 1 aromatic rings. The summed E-state index contributed by atoms with van der Waals surface area (Å²) in [7, 11) is -3.66. The first kappa shape index (κ1) is 16.4. The van der Waals surface area contributed by atoms with Gasteiger partial charge in [0.15, 0.2) is 9.84 Å². The lowest BCUT2D eigenvalue weighted by Gasteiger charge is -2.14. The van der Waals surface area contributed by atoms with Crippen LogP contribution in [0.3, 0.4) is 0 Å². The van der Waals surface area contributed by atoms with E-state index < -0.39 is 20.4 Å². The van der Waals surface area contributed by atoms with Crippen LogP contribution in [0.4, 0.5) is 11.4 Å². The Hall–Kier alpha value is -1.67. The normalized spacial score (nSPS) is 12.9. The zero-order valence-electron chi connectivity index (χ0n) is 11.6. The fourth-order valence-corrected chi connectivity index (χ4v) is 2.61. The van der Waals surface area contributed by atoms with E-state index in [1.165, 1.54) is 18.2 Å². The van der Waals surface area contributed by atoms with Crippen molar-refractivity contribution >= 4 is 21.2 Å². The SMILES string of the molecule is CCOC(C)CNc1cccc(S(C)(=O)=O)c1[N+](=O)[O-]. The molecule has 8 heteroatoms. The van der Waals surface area contributed by atoms with Gasteiger partial charge in [-0.3, -0.25) is 10.1 Å². The quantitative estimate of drug-likeness (QED) is 0.609. The Balaban J connectivity index is 3.11. The maximum atomic E-state index is 11.6. The summed E-state index contributed by atoms with van der Waals surface area (Å²) in [5.74, 6) is 0.